The van der Waals surface area contributed by atoms with Crippen molar-refractivity contribution in [2.75, 3.05) is 0 Å². The van der Waals surface area contributed by atoms with Crippen molar-refractivity contribution in [2.24, 2.45) is 5.92 Å². The number of hydrogen-bond donors (Lipinski definition) is 2. The molecule has 0 aliphatic heterocycles. The number of carbonyl (C=O) groups excluding carboxylic acids is 1. The number of rotatable bonds is 6. The second-order valence-electron chi connectivity index (χ2n) is 4.81. The molecule has 8 nitrogen and oxygen atoms in total. The molecule has 21 heavy (non-hydrogen) atoms. The van der Waals surface area contributed by atoms with Crippen LogP contribution < -0.4 is 5.32 Å². The highest BCUT2D eigenvalue weighted by atomic mass is 32.1. The molecule has 0 saturated carbocycles. The third kappa shape index (κ3) is 3.63. The van der Waals surface area contributed by atoms with Crippen LogP contribution in [0.1, 0.15) is 29.9 Å². The van der Waals surface area contributed by atoms with Crippen molar-refractivity contribution in [3.8, 4) is 5.69 Å². The summed E-state index contributed by atoms with van der Waals surface area (Å²) in [6, 6.07) is 1.30. The molecule has 2 aromatic rings. The van der Waals surface area contributed by atoms with Crippen molar-refractivity contribution in [3.05, 3.63) is 22.7 Å². The summed E-state index contributed by atoms with van der Waals surface area (Å²) in [5, 5.41) is 24.2. The fourth-order valence-electron chi connectivity index (χ4n) is 1.80. The van der Waals surface area contributed by atoms with E-state index in [1.165, 1.54) is 22.3 Å². The molecule has 1 amide bonds. The van der Waals surface area contributed by atoms with E-state index in [9.17, 15) is 9.59 Å². The smallest absolute Gasteiger partial charge is 0.305 e. The van der Waals surface area contributed by atoms with Crippen LogP contribution in [0.15, 0.2) is 17.8 Å². The van der Waals surface area contributed by atoms with Gasteiger partial charge < -0.3 is 10.4 Å². The molecule has 9 heteroatoms. The van der Waals surface area contributed by atoms with Gasteiger partial charge in [-0.25, -0.2) is 0 Å². The predicted octanol–water partition coefficient (Wildman–Crippen LogP) is 0.953. The number of carbonyl (C=O) groups is 2. The Hall–Kier alpha value is -2.29. The maximum absolute atomic E-state index is 12.3. The fraction of sp³-hybridized carbons (Fsp3) is 0.417. The van der Waals surface area contributed by atoms with Crippen molar-refractivity contribution in [2.45, 2.75) is 26.3 Å². The first-order chi connectivity index (χ1) is 9.99. The highest BCUT2D eigenvalue weighted by Crippen LogP contribution is 2.20. The van der Waals surface area contributed by atoms with Crippen LogP contribution in [0, 0.1) is 5.92 Å². The number of hydrogen-bond acceptors (Lipinski definition) is 6. The number of amides is 1. The van der Waals surface area contributed by atoms with Gasteiger partial charge in [0, 0.05) is 6.04 Å². The highest BCUT2D eigenvalue weighted by Gasteiger charge is 2.23. The fourth-order valence-corrected chi connectivity index (χ4v) is 2.58. The van der Waals surface area contributed by atoms with E-state index >= 15 is 0 Å². The Kier molecular flexibility index (Phi) is 4.63. The van der Waals surface area contributed by atoms with E-state index in [0.29, 0.717) is 10.6 Å². The summed E-state index contributed by atoms with van der Waals surface area (Å²) in [6.45, 7) is 3.73. The summed E-state index contributed by atoms with van der Waals surface area (Å²) >= 11 is 1.25. The molecule has 2 rings (SSSR count). The Labute approximate surface area is 124 Å². The average molecular weight is 309 g/mol. The largest absolute Gasteiger partial charge is 0.481 e. The van der Waals surface area contributed by atoms with Crippen molar-refractivity contribution in [1.29, 1.82) is 0 Å². The lowest BCUT2D eigenvalue weighted by atomic mass is 10.0. The number of aromatic nitrogens is 4. The second-order valence-corrected chi connectivity index (χ2v) is 5.73. The zero-order valence-corrected chi connectivity index (χ0v) is 12.4. The van der Waals surface area contributed by atoms with E-state index in [1.807, 2.05) is 13.8 Å². The third-order valence-electron chi connectivity index (χ3n) is 2.96. The average Bonchev–Trinajstić information content (AvgIpc) is 3.07. The van der Waals surface area contributed by atoms with Gasteiger partial charge in [0.2, 0.25) is 0 Å². The molecule has 0 radical (unpaired) electrons. The van der Waals surface area contributed by atoms with Gasteiger partial charge in [-0.3, -0.25) is 9.59 Å². The summed E-state index contributed by atoms with van der Waals surface area (Å²) in [6.07, 6.45) is 1.28. The van der Waals surface area contributed by atoms with Crippen LogP contribution in [0.2, 0.25) is 0 Å². The maximum Gasteiger partial charge on any atom is 0.305 e. The number of thiophene rings is 1. The number of nitrogens with one attached hydrogen (secondary N) is 1. The second kappa shape index (κ2) is 6.44. The van der Waals surface area contributed by atoms with Gasteiger partial charge in [0.25, 0.3) is 5.91 Å². The van der Waals surface area contributed by atoms with Crippen LogP contribution in [0.5, 0.6) is 0 Å². The molecule has 0 aromatic carbocycles. The predicted molar refractivity (Wildman–Crippen MR) is 75.4 cm³/mol. The Morgan fingerprint density at radius 3 is 2.81 bits per heavy atom. The first-order valence-electron chi connectivity index (χ1n) is 6.32. The Bertz CT molecular complexity index is 623. The standard InChI is InChI=1S/C12H15N5O3S/c1-7(2)8(5-10(18)19)14-12(20)11-9(3-4-21-11)17-6-13-15-16-17/h3-4,6-8H,5H2,1-2H3,(H,14,20)(H,18,19). The van der Waals surface area contributed by atoms with E-state index < -0.39 is 12.0 Å². The number of carboxylic acids is 1. The van der Waals surface area contributed by atoms with E-state index in [1.54, 1.807) is 11.4 Å². The lowest BCUT2D eigenvalue weighted by molar-refractivity contribution is -0.137. The first-order valence-corrected chi connectivity index (χ1v) is 7.20. The summed E-state index contributed by atoms with van der Waals surface area (Å²) in [5.41, 5.74) is 0.570. The Morgan fingerprint density at radius 1 is 1.48 bits per heavy atom. The van der Waals surface area contributed by atoms with E-state index in [0.717, 1.165) is 0 Å². The van der Waals surface area contributed by atoms with Crippen molar-refractivity contribution in [3.63, 3.8) is 0 Å². The lowest BCUT2D eigenvalue weighted by Crippen LogP contribution is -2.40. The van der Waals surface area contributed by atoms with Gasteiger partial charge in [-0.05, 0) is 27.8 Å². The summed E-state index contributed by atoms with van der Waals surface area (Å²) in [4.78, 5) is 23.6. The molecule has 0 saturated heterocycles. The van der Waals surface area contributed by atoms with E-state index in [-0.39, 0.29) is 18.2 Å². The minimum atomic E-state index is -0.944. The molecule has 1 atom stereocenters. The highest BCUT2D eigenvalue weighted by molar-refractivity contribution is 7.12. The van der Waals surface area contributed by atoms with Crippen LogP contribution in [-0.2, 0) is 4.79 Å². The zero-order chi connectivity index (χ0) is 15.4. The van der Waals surface area contributed by atoms with Gasteiger partial charge in [-0.1, -0.05) is 13.8 Å². The molecule has 2 aromatic heterocycles. The minimum Gasteiger partial charge on any atom is -0.481 e. The molecule has 0 spiro atoms. The molecule has 0 aliphatic rings. The van der Waals surface area contributed by atoms with Crippen LogP contribution in [0.3, 0.4) is 0 Å². The molecular weight excluding hydrogens is 294 g/mol. The zero-order valence-electron chi connectivity index (χ0n) is 11.6. The molecule has 0 bridgehead atoms. The van der Waals surface area contributed by atoms with Crippen molar-refractivity contribution < 1.29 is 14.7 Å². The van der Waals surface area contributed by atoms with Gasteiger partial charge in [0.15, 0.2) is 0 Å². The number of nitrogens with zero attached hydrogens (tertiary/aromatic N) is 4. The first kappa shape index (κ1) is 15.1. The van der Waals surface area contributed by atoms with Gasteiger partial charge in [-0.15, -0.1) is 16.4 Å². The minimum absolute atomic E-state index is 0.0153. The van der Waals surface area contributed by atoms with Crippen LogP contribution in [-0.4, -0.2) is 43.2 Å². The Balaban J connectivity index is 2.17. The SMILES string of the molecule is CC(C)C(CC(=O)O)NC(=O)c1sccc1-n1cnnn1. The van der Waals surface area contributed by atoms with E-state index in [4.69, 9.17) is 5.11 Å². The number of aliphatic carboxylic acids is 1. The van der Waals surface area contributed by atoms with Crippen molar-refractivity contribution >= 4 is 23.2 Å². The maximum atomic E-state index is 12.3. The monoisotopic (exact) mass is 309 g/mol. The lowest BCUT2D eigenvalue weighted by Gasteiger charge is -2.20. The molecule has 0 fully saturated rings. The third-order valence-corrected chi connectivity index (χ3v) is 3.86. The summed E-state index contributed by atoms with van der Waals surface area (Å²) in [7, 11) is 0. The van der Waals surface area contributed by atoms with Crippen molar-refractivity contribution in [1.82, 2.24) is 25.5 Å². The molecule has 2 heterocycles. The Morgan fingerprint density at radius 2 is 2.24 bits per heavy atom. The van der Waals surface area contributed by atoms with Gasteiger partial charge in [0.05, 0.1) is 12.1 Å². The van der Waals surface area contributed by atoms with Gasteiger partial charge in [-0.2, -0.15) is 4.68 Å². The number of carboxylic acid groups (broad SMARTS) is 1. The van der Waals surface area contributed by atoms with E-state index in [2.05, 4.69) is 20.8 Å². The molecule has 1 unspecified atom stereocenters. The summed E-state index contributed by atoms with van der Waals surface area (Å²) in [5.74, 6) is -1.25. The molecule has 112 valence electrons. The van der Waals surface area contributed by atoms with Crippen LogP contribution >= 0.6 is 11.3 Å². The van der Waals surface area contributed by atoms with Gasteiger partial charge >= 0.3 is 5.97 Å². The van der Waals surface area contributed by atoms with Crippen LogP contribution in [0.25, 0.3) is 5.69 Å². The van der Waals surface area contributed by atoms with Crippen LogP contribution in [0.4, 0.5) is 0 Å². The topological polar surface area (TPSA) is 110 Å². The quantitative estimate of drug-likeness (QED) is 0.822. The normalized spacial score (nSPS) is 12.3. The summed E-state index contributed by atoms with van der Waals surface area (Å²) < 4.78 is 1.40. The molecule has 0 aliphatic carbocycles. The number of tetrazole rings is 1. The molecule has 2 N–H and O–H groups in total. The molecular formula is C12H15N5O3S. The van der Waals surface area contributed by atoms with Gasteiger partial charge in [0.1, 0.15) is 11.2 Å².